The zero-order chi connectivity index (χ0) is 16.1. The molecule has 0 aliphatic rings. The topological polar surface area (TPSA) is 34.1 Å². The lowest BCUT2D eigenvalue weighted by Crippen LogP contribution is -2.17. The predicted molar refractivity (Wildman–Crippen MR) is 84.6 cm³/mol. The number of aryl methyl sites for hydroxylation is 1. The lowest BCUT2D eigenvalue weighted by atomic mass is 9.86. The number of halogens is 1. The molecule has 0 aromatic heterocycles. The van der Waals surface area contributed by atoms with Crippen LogP contribution >= 0.6 is 0 Å². The van der Waals surface area contributed by atoms with Gasteiger partial charge >= 0.3 is 0 Å². The third-order valence-electron chi connectivity index (χ3n) is 3.72. The van der Waals surface area contributed by atoms with Crippen molar-refractivity contribution in [3.05, 3.63) is 71.0 Å². The standard InChI is InChI=1S/C19H19FO2/c1-3-17(21)12-18(14-7-9-16(20)10-8-14)19(22)15-6-4-5-13(2)11-15/h4-11,18H,3,12H2,1-2H3. The predicted octanol–water partition coefficient (Wildman–Crippen LogP) is 4.47. The van der Waals surface area contributed by atoms with Gasteiger partial charge in [0.25, 0.3) is 0 Å². The minimum absolute atomic E-state index is 0.0235. The molecule has 2 nitrogen and oxygen atoms in total. The zero-order valence-corrected chi connectivity index (χ0v) is 12.8. The number of Topliss-reactive ketones (excluding diaryl/α,β-unsaturated/α-hetero) is 2. The molecular formula is C19H19FO2. The third-order valence-corrected chi connectivity index (χ3v) is 3.72. The summed E-state index contributed by atoms with van der Waals surface area (Å²) in [6, 6.07) is 13.1. The quantitative estimate of drug-likeness (QED) is 0.737. The lowest BCUT2D eigenvalue weighted by molar-refractivity contribution is -0.119. The molecule has 0 aliphatic carbocycles. The van der Waals surface area contributed by atoms with Crippen LogP contribution in [0.15, 0.2) is 48.5 Å². The Kier molecular flexibility index (Phi) is 5.21. The van der Waals surface area contributed by atoms with Crippen molar-refractivity contribution in [3.8, 4) is 0 Å². The van der Waals surface area contributed by atoms with Crippen LogP contribution in [0.5, 0.6) is 0 Å². The summed E-state index contributed by atoms with van der Waals surface area (Å²) in [5.41, 5.74) is 2.25. The summed E-state index contributed by atoms with van der Waals surface area (Å²) < 4.78 is 13.1. The van der Waals surface area contributed by atoms with Gasteiger partial charge in [-0.25, -0.2) is 4.39 Å². The van der Waals surface area contributed by atoms with E-state index in [1.807, 2.05) is 25.1 Å². The van der Waals surface area contributed by atoms with Gasteiger partial charge in [0.15, 0.2) is 5.78 Å². The first-order chi connectivity index (χ1) is 10.5. The van der Waals surface area contributed by atoms with E-state index in [2.05, 4.69) is 0 Å². The zero-order valence-electron chi connectivity index (χ0n) is 12.8. The Bertz CT molecular complexity index is 674. The molecule has 1 unspecified atom stereocenters. The Balaban J connectivity index is 2.37. The summed E-state index contributed by atoms with van der Waals surface area (Å²) in [4.78, 5) is 24.6. The summed E-state index contributed by atoms with van der Waals surface area (Å²) in [6.45, 7) is 3.70. The number of rotatable bonds is 6. The molecule has 22 heavy (non-hydrogen) atoms. The molecular weight excluding hydrogens is 279 g/mol. The molecule has 1 atom stereocenters. The Morgan fingerprint density at radius 1 is 1.09 bits per heavy atom. The van der Waals surface area contributed by atoms with Crippen LogP contribution in [0, 0.1) is 12.7 Å². The first-order valence-electron chi connectivity index (χ1n) is 7.39. The van der Waals surface area contributed by atoms with Crippen molar-refractivity contribution in [3.63, 3.8) is 0 Å². The van der Waals surface area contributed by atoms with E-state index < -0.39 is 5.92 Å². The second-order valence-corrected chi connectivity index (χ2v) is 5.43. The van der Waals surface area contributed by atoms with Crippen LogP contribution in [0.3, 0.4) is 0 Å². The fourth-order valence-electron chi connectivity index (χ4n) is 2.43. The summed E-state index contributed by atoms with van der Waals surface area (Å²) >= 11 is 0. The third kappa shape index (κ3) is 3.88. The van der Waals surface area contributed by atoms with E-state index in [0.29, 0.717) is 17.5 Å². The number of carbonyl (C=O) groups excluding carboxylic acids is 2. The van der Waals surface area contributed by atoms with Gasteiger partial charge in [-0.2, -0.15) is 0 Å². The van der Waals surface area contributed by atoms with Gasteiger partial charge in [-0.15, -0.1) is 0 Å². The summed E-state index contributed by atoms with van der Waals surface area (Å²) in [5, 5.41) is 0. The minimum Gasteiger partial charge on any atom is -0.300 e. The number of carbonyl (C=O) groups is 2. The number of ketones is 2. The number of benzene rings is 2. The van der Waals surface area contributed by atoms with Crippen molar-refractivity contribution in [1.29, 1.82) is 0 Å². The first kappa shape index (κ1) is 16.1. The van der Waals surface area contributed by atoms with Crippen molar-refractivity contribution < 1.29 is 14.0 Å². The first-order valence-corrected chi connectivity index (χ1v) is 7.39. The highest BCUT2D eigenvalue weighted by Crippen LogP contribution is 2.26. The van der Waals surface area contributed by atoms with E-state index in [4.69, 9.17) is 0 Å². The molecule has 0 bridgehead atoms. The van der Waals surface area contributed by atoms with Gasteiger partial charge < -0.3 is 0 Å². The average molecular weight is 298 g/mol. The number of hydrogen-bond acceptors (Lipinski definition) is 2. The Morgan fingerprint density at radius 2 is 1.77 bits per heavy atom. The Hall–Kier alpha value is -2.29. The van der Waals surface area contributed by atoms with E-state index in [1.165, 1.54) is 12.1 Å². The normalized spacial score (nSPS) is 12.0. The fraction of sp³-hybridized carbons (Fsp3) is 0.263. The molecule has 0 amide bonds. The molecule has 2 aromatic carbocycles. The highest BCUT2D eigenvalue weighted by molar-refractivity contribution is 6.03. The van der Waals surface area contributed by atoms with Gasteiger partial charge in [0, 0.05) is 18.4 Å². The molecule has 2 rings (SSSR count). The second kappa shape index (κ2) is 7.12. The average Bonchev–Trinajstić information content (AvgIpc) is 2.52. The van der Waals surface area contributed by atoms with E-state index in [1.54, 1.807) is 25.1 Å². The molecule has 114 valence electrons. The van der Waals surface area contributed by atoms with Crippen molar-refractivity contribution in [1.82, 2.24) is 0 Å². The van der Waals surface area contributed by atoms with Crippen molar-refractivity contribution in [2.45, 2.75) is 32.6 Å². The van der Waals surface area contributed by atoms with E-state index in [9.17, 15) is 14.0 Å². The van der Waals surface area contributed by atoms with E-state index >= 15 is 0 Å². The molecule has 0 fully saturated rings. The van der Waals surface area contributed by atoms with Crippen LogP contribution in [-0.2, 0) is 4.79 Å². The van der Waals surface area contributed by atoms with Gasteiger partial charge in [0.2, 0.25) is 0 Å². The fourth-order valence-corrected chi connectivity index (χ4v) is 2.43. The Labute approximate surface area is 130 Å². The Morgan fingerprint density at radius 3 is 2.36 bits per heavy atom. The highest BCUT2D eigenvalue weighted by Gasteiger charge is 2.24. The molecule has 2 aromatic rings. The van der Waals surface area contributed by atoms with Crippen LogP contribution in [0.25, 0.3) is 0 Å². The minimum atomic E-state index is -0.560. The van der Waals surface area contributed by atoms with Crippen LogP contribution in [0.4, 0.5) is 4.39 Å². The smallest absolute Gasteiger partial charge is 0.170 e. The maximum absolute atomic E-state index is 13.1. The van der Waals surface area contributed by atoms with Gasteiger partial charge in [-0.3, -0.25) is 9.59 Å². The van der Waals surface area contributed by atoms with Crippen LogP contribution < -0.4 is 0 Å². The molecule has 0 radical (unpaired) electrons. The van der Waals surface area contributed by atoms with Crippen molar-refractivity contribution >= 4 is 11.6 Å². The molecule has 0 spiro atoms. The molecule has 0 heterocycles. The molecule has 0 aliphatic heterocycles. The van der Waals surface area contributed by atoms with E-state index in [0.717, 1.165) is 5.56 Å². The van der Waals surface area contributed by atoms with Gasteiger partial charge in [-0.1, -0.05) is 42.8 Å². The molecule has 0 saturated heterocycles. The van der Waals surface area contributed by atoms with Crippen molar-refractivity contribution in [2.75, 3.05) is 0 Å². The van der Waals surface area contributed by atoms with E-state index in [-0.39, 0.29) is 23.8 Å². The second-order valence-electron chi connectivity index (χ2n) is 5.43. The maximum atomic E-state index is 13.1. The van der Waals surface area contributed by atoms with Crippen LogP contribution in [0.1, 0.15) is 47.2 Å². The largest absolute Gasteiger partial charge is 0.300 e. The SMILES string of the molecule is CCC(=O)CC(C(=O)c1cccc(C)c1)c1ccc(F)cc1. The monoisotopic (exact) mass is 298 g/mol. The summed E-state index contributed by atoms with van der Waals surface area (Å²) in [5.74, 6) is -0.991. The number of hydrogen-bond donors (Lipinski definition) is 0. The lowest BCUT2D eigenvalue weighted by Gasteiger charge is -2.16. The van der Waals surface area contributed by atoms with Gasteiger partial charge in [0.05, 0.1) is 5.92 Å². The van der Waals surface area contributed by atoms with Crippen molar-refractivity contribution in [2.24, 2.45) is 0 Å². The molecule has 3 heteroatoms. The van der Waals surface area contributed by atoms with Gasteiger partial charge in [-0.05, 0) is 30.7 Å². The molecule has 0 saturated carbocycles. The van der Waals surface area contributed by atoms with Crippen LogP contribution in [-0.4, -0.2) is 11.6 Å². The summed E-state index contributed by atoms with van der Waals surface area (Å²) in [7, 11) is 0. The maximum Gasteiger partial charge on any atom is 0.170 e. The molecule has 0 N–H and O–H groups in total. The van der Waals surface area contributed by atoms with Crippen LogP contribution in [0.2, 0.25) is 0 Å². The summed E-state index contributed by atoms with van der Waals surface area (Å²) in [6.07, 6.45) is 0.535. The van der Waals surface area contributed by atoms with Gasteiger partial charge in [0.1, 0.15) is 11.6 Å². The highest BCUT2D eigenvalue weighted by atomic mass is 19.1.